The first-order valence-corrected chi connectivity index (χ1v) is 10.6. The number of carbonyl (C=O) groups is 1. The van der Waals surface area contributed by atoms with Crippen LogP contribution in [0.15, 0.2) is 77.7 Å². The van der Waals surface area contributed by atoms with Crippen LogP contribution >= 0.6 is 0 Å². The SMILES string of the molecule is COc1ccccc1OCC(=O)Nc1ccc(S(=O)(=O)Nc2ccccc2C)cc1. The van der Waals surface area contributed by atoms with Crippen molar-refractivity contribution >= 4 is 27.3 Å². The van der Waals surface area contributed by atoms with Gasteiger partial charge in [0, 0.05) is 5.69 Å². The standard InChI is InChI=1S/C22H22N2O5S/c1-16-7-3-4-8-19(16)24-30(26,27)18-13-11-17(12-14-18)23-22(25)15-29-21-10-6-5-9-20(21)28-2/h3-14,24H,15H2,1-2H3,(H,23,25). The highest BCUT2D eigenvalue weighted by Crippen LogP contribution is 2.25. The minimum Gasteiger partial charge on any atom is -0.493 e. The Labute approximate surface area is 175 Å². The Hall–Kier alpha value is -3.52. The number of hydrogen-bond acceptors (Lipinski definition) is 5. The zero-order valence-electron chi connectivity index (χ0n) is 16.6. The van der Waals surface area contributed by atoms with Crippen LogP contribution in [0, 0.1) is 6.92 Å². The summed E-state index contributed by atoms with van der Waals surface area (Å²) >= 11 is 0. The highest BCUT2D eigenvalue weighted by Gasteiger charge is 2.15. The van der Waals surface area contributed by atoms with Gasteiger partial charge in [-0.2, -0.15) is 0 Å². The number of para-hydroxylation sites is 3. The van der Waals surface area contributed by atoms with Crippen LogP contribution in [0.4, 0.5) is 11.4 Å². The molecule has 8 heteroatoms. The zero-order chi connectivity index (χ0) is 21.6. The average molecular weight is 426 g/mol. The molecule has 0 unspecified atom stereocenters. The number of ether oxygens (including phenoxy) is 2. The highest BCUT2D eigenvalue weighted by atomic mass is 32.2. The second kappa shape index (κ2) is 9.32. The van der Waals surface area contributed by atoms with E-state index in [2.05, 4.69) is 10.0 Å². The molecule has 1 amide bonds. The maximum Gasteiger partial charge on any atom is 0.262 e. The molecule has 3 aromatic rings. The van der Waals surface area contributed by atoms with E-state index in [0.717, 1.165) is 5.56 Å². The molecule has 0 atom stereocenters. The number of amides is 1. The van der Waals surface area contributed by atoms with Crippen molar-refractivity contribution in [2.75, 3.05) is 23.8 Å². The molecule has 0 bridgehead atoms. The molecule has 0 aliphatic heterocycles. The number of anilines is 2. The van der Waals surface area contributed by atoms with Crippen molar-refractivity contribution in [2.24, 2.45) is 0 Å². The fraction of sp³-hybridized carbons (Fsp3) is 0.136. The van der Waals surface area contributed by atoms with Crippen LogP contribution in [0.3, 0.4) is 0 Å². The van der Waals surface area contributed by atoms with Crippen molar-refractivity contribution in [3.8, 4) is 11.5 Å². The second-order valence-electron chi connectivity index (χ2n) is 6.43. The minimum atomic E-state index is -3.74. The quantitative estimate of drug-likeness (QED) is 0.571. The van der Waals surface area contributed by atoms with E-state index in [0.29, 0.717) is 22.9 Å². The lowest BCUT2D eigenvalue weighted by molar-refractivity contribution is -0.118. The van der Waals surface area contributed by atoms with Crippen molar-refractivity contribution in [3.05, 3.63) is 78.4 Å². The van der Waals surface area contributed by atoms with Gasteiger partial charge in [0.25, 0.3) is 15.9 Å². The number of hydrogen-bond donors (Lipinski definition) is 2. The van der Waals surface area contributed by atoms with Gasteiger partial charge < -0.3 is 14.8 Å². The van der Waals surface area contributed by atoms with Crippen LogP contribution in [0.2, 0.25) is 0 Å². The number of sulfonamides is 1. The Morgan fingerprint density at radius 2 is 1.53 bits per heavy atom. The first kappa shape index (κ1) is 21.2. The van der Waals surface area contributed by atoms with Gasteiger partial charge in [-0.25, -0.2) is 8.42 Å². The molecule has 0 aliphatic carbocycles. The molecule has 0 heterocycles. The first-order valence-electron chi connectivity index (χ1n) is 9.13. The van der Waals surface area contributed by atoms with Crippen LogP contribution in [-0.2, 0) is 14.8 Å². The molecule has 30 heavy (non-hydrogen) atoms. The Balaban J connectivity index is 1.61. The van der Waals surface area contributed by atoms with Gasteiger partial charge in [-0.15, -0.1) is 0 Å². The van der Waals surface area contributed by atoms with E-state index >= 15 is 0 Å². The predicted molar refractivity (Wildman–Crippen MR) is 116 cm³/mol. The fourth-order valence-electron chi connectivity index (χ4n) is 2.69. The molecule has 0 aromatic heterocycles. The topological polar surface area (TPSA) is 93.7 Å². The molecule has 0 fully saturated rings. The summed E-state index contributed by atoms with van der Waals surface area (Å²) in [6, 6.07) is 20.0. The van der Waals surface area contributed by atoms with Gasteiger partial charge in [-0.05, 0) is 55.0 Å². The molecule has 0 saturated carbocycles. The van der Waals surface area contributed by atoms with Crippen LogP contribution in [-0.4, -0.2) is 28.0 Å². The number of benzene rings is 3. The van der Waals surface area contributed by atoms with Gasteiger partial charge in [-0.3, -0.25) is 9.52 Å². The lowest BCUT2D eigenvalue weighted by Gasteiger charge is -2.12. The summed E-state index contributed by atoms with van der Waals surface area (Å²) in [4.78, 5) is 12.2. The number of methoxy groups -OCH3 is 1. The lowest BCUT2D eigenvalue weighted by Crippen LogP contribution is -2.20. The molecular formula is C22H22N2O5S. The summed E-state index contributed by atoms with van der Waals surface area (Å²) in [5.74, 6) is 0.606. The first-order chi connectivity index (χ1) is 14.4. The number of nitrogens with one attached hydrogen (secondary N) is 2. The van der Waals surface area contributed by atoms with Crippen molar-refractivity contribution in [2.45, 2.75) is 11.8 Å². The van der Waals surface area contributed by atoms with E-state index in [9.17, 15) is 13.2 Å². The summed E-state index contributed by atoms with van der Waals surface area (Å²) in [5, 5.41) is 2.67. The third-order valence-corrected chi connectivity index (χ3v) is 5.65. The third kappa shape index (κ3) is 5.30. The van der Waals surface area contributed by atoms with Crippen molar-refractivity contribution < 1.29 is 22.7 Å². The van der Waals surface area contributed by atoms with E-state index in [1.165, 1.54) is 31.4 Å². The number of aryl methyl sites for hydroxylation is 1. The van der Waals surface area contributed by atoms with Crippen molar-refractivity contribution in [1.29, 1.82) is 0 Å². The highest BCUT2D eigenvalue weighted by molar-refractivity contribution is 7.92. The summed E-state index contributed by atoms with van der Waals surface area (Å²) < 4.78 is 38.4. The summed E-state index contributed by atoms with van der Waals surface area (Å²) in [5.41, 5.74) is 1.79. The Morgan fingerprint density at radius 3 is 2.20 bits per heavy atom. The molecule has 0 aliphatic rings. The lowest BCUT2D eigenvalue weighted by atomic mass is 10.2. The van der Waals surface area contributed by atoms with E-state index in [4.69, 9.17) is 9.47 Å². The molecule has 3 aromatic carbocycles. The normalized spacial score (nSPS) is 10.9. The van der Waals surface area contributed by atoms with Gasteiger partial charge in [0.05, 0.1) is 17.7 Å². The molecule has 156 valence electrons. The van der Waals surface area contributed by atoms with Crippen molar-refractivity contribution in [3.63, 3.8) is 0 Å². The molecule has 7 nitrogen and oxygen atoms in total. The van der Waals surface area contributed by atoms with Crippen LogP contribution < -0.4 is 19.5 Å². The average Bonchev–Trinajstić information content (AvgIpc) is 2.74. The Kier molecular flexibility index (Phi) is 6.58. The Bertz CT molecular complexity index is 1130. The molecule has 3 rings (SSSR count). The smallest absolute Gasteiger partial charge is 0.262 e. The van der Waals surface area contributed by atoms with Crippen molar-refractivity contribution in [1.82, 2.24) is 0 Å². The van der Waals surface area contributed by atoms with Crippen LogP contribution in [0.1, 0.15) is 5.56 Å². The second-order valence-corrected chi connectivity index (χ2v) is 8.11. The monoisotopic (exact) mass is 426 g/mol. The number of rotatable bonds is 8. The predicted octanol–water partition coefficient (Wildman–Crippen LogP) is 3.82. The van der Waals surface area contributed by atoms with Gasteiger partial charge in [0.2, 0.25) is 0 Å². The van der Waals surface area contributed by atoms with E-state index < -0.39 is 10.0 Å². The summed E-state index contributed by atoms with van der Waals surface area (Å²) in [6.45, 7) is 1.61. The van der Waals surface area contributed by atoms with Crippen LogP contribution in [0.25, 0.3) is 0 Å². The maximum absolute atomic E-state index is 12.6. The molecule has 0 spiro atoms. The van der Waals surface area contributed by atoms with Gasteiger partial charge in [0.1, 0.15) is 0 Å². The summed E-state index contributed by atoms with van der Waals surface area (Å²) in [7, 11) is -2.22. The van der Waals surface area contributed by atoms with E-state index in [-0.39, 0.29) is 17.4 Å². The largest absolute Gasteiger partial charge is 0.493 e. The van der Waals surface area contributed by atoms with Gasteiger partial charge in [-0.1, -0.05) is 30.3 Å². The summed E-state index contributed by atoms with van der Waals surface area (Å²) in [6.07, 6.45) is 0. The van der Waals surface area contributed by atoms with Gasteiger partial charge in [0.15, 0.2) is 18.1 Å². The molecular weight excluding hydrogens is 404 g/mol. The molecule has 0 saturated heterocycles. The molecule has 0 radical (unpaired) electrons. The minimum absolute atomic E-state index is 0.0917. The number of carbonyl (C=O) groups excluding carboxylic acids is 1. The van der Waals surface area contributed by atoms with E-state index in [1.54, 1.807) is 36.4 Å². The maximum atomic E-state index is 12.6. The Morgan fingerprint density at radius 1 is 0.900 bits per heavy atom. The zero-order valence-corrected chi connectivity index (χ0v) is 17.4. The third-order valence-electron chi connectivity index (χ3n) is 4.27. The fourth-order valence-corrected chi connectivity index (χ4v) is 3.82. The van der Waals surface area contributed by atoms with E-state index in [1.807, 2.05) is 19.1 Å². The van der Waals surface area contributed by atoms with Crippen LogP contribution in [0.5, 0.6) is 11.5 Å². The van der Waals surface area contributed by atoms with Gasteiger partial charge >= 0.3 is 0 Å². The molecule has 2 N–H and O–H groups in total.